The van der Waals surface area contributed by atoms with Crippen molar-refractivity contribution in [1.29, 1.82) is 0 Å². The van der Waals surface area contributed by atoms with Gasteiger partial charge in [-0.05, 0) is 0 Å². The van der Waals surface area contributed by atoms with Crippen LogP contribution in [0.4, 0.5) is 13.2 Å². The van der Waals surface area contributed by atoms with E-state index in [0.29, 0.717) is 3.28 Å². The standard InChI is InChI=1S/C6H4F3.C5H5.2CH3.Zr/c1-3-2-4(7)6(9)5(3)8;1-2-4-5-3-1;;;/h3H,1H3;1-3H,4H2;2*1H3;. The van der Waals surface area contributed by atoms with Gasteiger partial charge < -0.3 is 0 Å². The fourth-order valence-corrected chi connectivity index (χ4v) is 10.9. The summed E-state index contributed by atoms with van der Waals surface area (Å²) in [6.07, 6.45) is 6.73. The second-order valence-corrected chi connectivity index (χ2v) is 16.0. The molecule has 0 bridgehead atoms. The molecule has 0 saturated heterocycles. The van der Waals surface area contributed by atoms with Crippen molar-refractivity contribution in [3.8, 4) is 0 Å². The van der Waals surface area contributed by atoms with Crippen LogP contribution in [0.1, 0.15) is 13.3 Å². The van der Waals surface area contributed by atoms with Crippen molar-refractivity contribution in [3.05, 3.63) is 42.3 Å². The molecule has 0 spiro atoms. The molecule has 17 heavy (non-hydrogen) atoms. The van der Waals surface area contributed by atoms with Crippen molar-refractivity contribution >= 4 is 0 Å². The molecule has 2 aliphatic rings. The van der Waals surface area contributed by atoms with Crippen LogP contribution in [-0.4, -0.2) is 0 Å². The number of halogens is 3. The van der Waals surface area contributed by atoms with E-state index in [0.717, 1.165) is 6.42 Å². The molecule has 0 aliphatic heterocycles. The molecule has 2 rings (SSSR count). The Morgan fingerprint density at radius 3 is 2.24 bits per heavy atom. The first kappa shape index (κ1) is 13.1. The van der Waals surface area contributed by atoms with E-state index in [-0.39, 0.29) is 0 Å². The van der Waals surface area contributed by atoms with Gasteiger partial charge in [0, 0.05) is 0 Å². The van der Waals surface area contributed by atoms with Gasteiger partial charge in [0.1, 0.15) is 0 Å². The summed E-state index contributed by atoms with van der Waals surface area (Å²) in [7, 11) is 0. The summed E-state index contributed by atoms with van der Waals surface area (Å²) in [4.78, 5) is 0. The summed E-state index contributed by atoms with van der Waals surface area (Å²) < 4.78 is 46.2. The summed E-state index contributed by atoms with van der Waals surface area (Å²) in [5.41, 5.74) is 0. The maximum atomic E-state index is 13.8. The molecule has 0 saturated carbocycles. The molecule has 0 heterocycles. The predicted molar refractivity (Wildman–Crippen MR) is 60.1 cm³/mol. The Bertz CT molecular complexity index is 481. The van der Waals surface area contributed by atoms with Crippen LogP contribution in [0.2, 0.25) is 9.26 Å². The third kappa shape index (κ3) is 1.95. The van der Waals surface area contributed by atoms with Crippen LogP contribution >= 0.6 is 0 Å². The summed E-state index contributed by atoms with van der Waals surface area (Å²) in [5, 5.41) is 0. The van der Waals surface area contributed by atoms with Gasteiger partial charge in [0.2, 0.25) is 0 Å². The Kier molecular flexibility index (Phi) is 3.37. The van der Waals surface area contributed by atoms with Crippen LogP contribution in [0.25, 0.3) is 0 Å². The Labute approximate surface area is 104 Å². The Balaban J connectivity index is 2.43. The topological polar surface area (TPSA) is 0 Å². The quantitative estimate of drug-likeness (QED) is 0.667. The predicted octanol–water partition coefficient (Wildman–Crippen LogP) is 5.06. The third-order valence-electron chi connectivity index (χ3n) is 3.70. The minimum atomic E-state index is -3.09. The van der Waals surface area contributed by atoms with E-state index in [4.69, 9.17) is 0 Å². The second kappa shape index (κ2) is 4.38. The van der Waals surface area contributed by atoms with Gasteiger partial charge in [-0.25, -0.2) is 0 Å². The molecular formula is C13H15F3Zr. The Morgan fingerprint density at radius 1 is 1.18 bits per heavy atom. The van der Waals surface area contributed by atoms with Gasteiger partial charge in [-0.15, -0.1) is 0 Å². The molecule has 1 unspecified atom stereocenters. The van der Waals surface area contributed by atoms with E-state index < -0.39 is 43.7 Å². The van der Waals surface area contributed by atoms with E-state index >= 15 is 0 Å². The van der Waals surface area contributed by atoms with Gasteiger partial charge in [-0.1, -0.05) is 0 Å². The minimum absolute atomic E-state index is 0.421. The Morgan fingerprint density at radius 2 is 1.82 bits per heavy atom. The molecule has 4 heteroatoms. The molecule has 0 aromatic carbocycles. The van der Waals surface area contributed by atoms with Crippen LogP contribution in [-0.2, 0) is 20.3 Å². The van der Waals surface area contributed by atoms with E-state index in [2.05, 4.69) is 0 Å². The van der Waals surface area contributed by atoms with Crippen LogP contribution in [0, 0.1) is 5.92 Å². The van der Waals surface area contributed by atoms with Crippen LogP contribution in [0.5, 0.6) is 0 Å². The van der Waals surface area contributed by atoms with E-state index in [9.17, 15) is 13.2 Å². The molecule has 0 N–H and O–H groups in total. The first-order chi connectivity index (χ1) is 7.87. The molecule has 2 aliphatic carbocycles. The van der Waals surface area contributed by atoms with E-state index in [1.165, 1.54) is 3.28 Å². The van der Waals surface area contributed by atoms with Crippen LogP contribution in [0.15, 0.2) is 42.3 Å². The van der Waals surface area contributed by atoms with Crippen molar-refractivity contribution in [2.75, 3.05) is 0 Å². The summed E-state index contributed by atoms with van der Waals surface area (Å²) in [6.45, 7) is 1.55. The normalized spacial score (nSPS) is 25.1. The SMILES string of the molecule is CC1C(F)=C(F)C(F)=[C]1[Zr]([CH3])([CH3])[C]1=CC=CC1. The van der Waals surface area contributed by atoms with Gasteiger partial charge in [-0.3, -0.25) is 0 Å². The molecule has 1 atom stereocenters. The molecule has 0 nitrogen and oxygen atoms in total. The molecule has 0 aromatic rings. The van der Waals surface area contributed by atoms with E-state index in [1.807, 2.05) is 27.5 Å². The molecule has 0 radical (unpaired) electrons. The number of hydrogen-bond donors (Lipinski definition) is 0. The van der Waals surface area contributed by atoms with Gasteiger partial charge in [0.05, 0.1) is 0 Å². The third-order valence-corrected chi connectivity index (χ3v) is 13.5. The van der Waals surface area contributed by atoms with E-state index in [1.54, 1.807) is 6.92 Å². The zero-order valence-corrected chi connectivity index (χ0v) is 12.6. The molecule has 0 amide bonds. The van der Waals surface area contributed by atoms with Gasteiger partial charge in [0.25, 0.3) is 0 Å². The number of allylic oxidation sites excluding steroid dienone is 8. The van der Waals surface area contributed by atoms with Crippen LogP contribution < -0.4 is 0 Å². The first-order valence-electron chi connectivity index (χ1n) is 5.69. The number of rotatable bonds is 2. The van der Waals surface area contributed by atoms with Crippen molar-refractivity contribution in [2.24, 2.45) is 5.92 Å². The fraction of sp³-hybridized carbons (Fsp3) is 0.385. The first-order valence-corrected chi connectivity index (χ1v) is 13.1. The zero-order valence-electron chi connectivity index (χ0n) is 10.2. The summed E-state index contributed by atoms with van der Waals surface area (Å²) >= 11 is -3.09. The zero-order chi connectivity index (χ0) is 12.8. The average Bonchev–Trinajstić information content (AvgIpc) is 2.85. The molecular weight excluding hydrogens is 304 g/mol. The second-order valence-electron chi connectivity index (χ2n) is 5.06. The van der Waals surface area contributed by atoms with Crippen molar-refractivity contribution < 1.29 is 33.4 Å². The van der Waals surface area contributed by atoms with Crippen molar-refractivity contribution in [2.45, 2.75) is 22.6 Å². The fourth-order valence-electron chi connectivity index (χ4n) is 2.63. The van der Waals surface area contributed by atoms with Crippen molar-refractivity contribution in [3.63, 3.8) is 0 Å². The molecule has 0 aromatic heterocycles. The summed E-state index contributed by atoms with van der Waals surface area (Å²) in [6, 6.07) is 0. The monoisotopic (exact) mass is 318 g/mol. The average molecular weight is 319 g/mol. The number of hydrogen-bond acceptors (Lipinski definition) is 0. The Hall–Kier alpha value is -0.367. The van der Waals surface area contributed by atoms with Crippen LogP contribution in [0.3, 0.4) is 0 Å². The van der Waals surface area contributed by atoms with Gasteiger partial charge in [-0.2, -0.15) is 0 Å². The maximum absolute atomic E-state index is 13.8. The summed E-state index contributed by atoms with van der Waals surface area (Å²) in [5.74, 6) is -3.86. The van der Waals surface area contributed by atoms with Crippen molar-refractivity contribution in [1.82, 2.24) is 0 Å². The van der Waals surface area contributed by atoms with Gasteiger partial charge in [0.15, 0.2) is 0 Å². The molecule has 92 valence electrons. The molecule has 0 fully saturated rings. The van der Waals surface area contributed by atoms with Gasteiger partial charge >= 0.3 is 104 Å².